The number of amides is 1. The van der Waals surface area contributed by atoms with Gasteiger partial charge < -0.3 is 14.5 Å². The average Bonchev–Trinajstić information content (AvgIpc) is 3.18. The van der Waals surface area contributed by atoms with Crippen LogP contribution < -0.4 is 5.32 Å². The third kappa shape index (κ3) is 7.42. The number of nitrogens with one attached hydrogen (secondary N) is 1. The van der Waals surface area contributed by atoms with Crippen LogP contribution in [0, 0.1) is 6.92 Å². The fraction of sp³-hybridized carbons (Fsp3) is 0.483. The van der Waals surface area contributed by atoms with E-state index in [0.29, 0.717) is 11.1 Å². The number of ether oxygens (including phenoxy) is 1. The van der Waals surface area contributed by atoms with Gasteiger partial charge >= 0.3 is 6.09 Å². The molecule has 0 aliphatic carbocycles. The molecule has 40 heavy (non-hydrogen) atoms. The summed E-state index contributed by atoms with van der Waals surface area (Å²) in [6.07, 6.45) is -0.469. The zero-order chi connectivity index (χ0) is 30.3. The summed E-state index contributed by atoms with van der Waals surface area (Å²) in [5.41, 5.74) is 0.941. The van der Waals surface area contributed by atoms with Crippen molar-refractivity contribution in [3.63, 3.8) is 0 Å². The maximum Gasteiger partial charge on any atom is 0.407 e. The van der Waals surface area contributed by atoms with Crippen LogP contribution in [-0.4, -0.2) is 45.1 Å². The Hall–Kier alpha value is -2.04. The Kier molecular flexibility index (Phi) is 9.48. The zero-order valence-corrected chi connectivity index (χ0v) is 28.0. The SMILES string of the molecule is Cc1ccc(S(=O)(=O)n2c(CC(CO[Si](C)(C)C(C)(C)C)NC(=O)OC(C)(C)C)cc3ccc(Cl)c(Cl)c32)cc1. The molecule has 3 rings (SSSR count). The summed E-state index contributed by atoms with van der Waals surface area (Å²) in [6.45, 7) is 18.1. The smallest absolute Gasteiger partial charge is 0.407 e. The molecular formula is C29H40Cl2N2O5SSi. The number of aryl methyl sites for hydroxylation is 1. The molecule has 0 radical (unpaired) electrons. The lowest BCUT2D eigenvalue weighted by atomic mass is 10.1. The lowest BCUT2D eigenvalue weighted by Crippen LogP contribution is -2.48. The molecule has 220 valence electrons. The van der Waals surface area contributed by atoms with Crippen LogP contribution in [0.1, 0.15) is 52.8 Å². The number of rotatable bonds is 8. The largest absolute Gasteiger partial charge is 0.444 e. The summed E-state index contributed by atoms with van der Waals surface area (Å²) < 4.78 is 41.4. The van der Waals surface area contributed by atoms with Gasteiger partial charge in [-0.1, -0.05) is 67.7 Å². The van der Waals surface area contributed by atoms with Crippen molar-refractivity contribution in [2.75, 3.05) is 6.61 Å². The van der Waals surface area contributed by atoms with Crippen LogP contribution in [0.2, 0.25) is 28.2 Å². The Balaban J connectivity index is 2.13. The second-order valence-corrected chi connectivity index (χ2v) is 20.0. The number of aromatic nitrogens is 1. The van der Waals surface area contributed by atoms with Gasteiger partial charge in [0.1, 0.15) is 5.60 Å². The molecule has 1 amide bonds. The molecule has 1 atom stereocenters. The van der Waals surface area contributed by atoms with Crippen molar-refractivity contribution in [1.29, 1.82) is 0 Å². The summed E-state index contributed by atoms with van der Waals surface area (Å²) in [5.74, 6) is 0. The van der Waals surface area contributed by atoms with Crippen molar-refractivity contribution in [2.45, 2.75) is 89.6 Å². The first-order valence-corrected chi connectivity index (χ1v) is 18.3. The fourth-order valence-electron chi connectivity index (χ4n) is 3.90. The average molecular weight is 628 g/mol. The number of fused-ring (bicyclic) bond motifs is 1. The minimum absolute atomic E-state index is 0.0581. The van der Waals surface area contributed by atoms with Gasteiger partial charge in [-0.05, 0) is 70.1 Å². The molecule has 0 aliphatic rings. The zero-order valence-electron chi connectivity index (χ0n) is 24.7. The Morgan fingerprint density at radius 3 is 2.17 bits per heavy atom. The molecule has 2 aromatic carbocycles. The van der Waals surface area contributed by atoms with Crippen LogP contribution in [0.5, 0.6) is 0 Å². The van der Waals surface area contributed by atoms with Gasteiger partial charge in [0, 0.05) is 17.5 Å². The molecule has 11 heteroatoms. The standard InChI is InChI=1S/C29H40Cl2N2O5SSi/c1-19-10-13-23(14-11-19)39(35,36)33-22(16-20-12-15-24(30)25(31)26(20)33)17-21(32-27(34)38-28(2,3)4)18-37-40(8,9)29(5,6)7/h10-16,21H,17-18H2,1-9H3,(H,32,34). The summed E-state index contributed by atoms with van der Waals surface area (Å²) in [6, 6.07) is 11.2. The number of carbonyl (C=O) groups is 1. The number of halogens is 2. The van der Waals surface area contributed by atoms with E-state index >= 15 is 0 Å². The number of hydrogen-bond acceptors (Lipinski definition) is 5. The summed E-state index contributed by atoms with van der Waals surface area (Å²) in [4.78, 5) is 13.0. The molecule has 7 nitrogen and oxygen atoms in total. The van der Waals surface area contributed by atoms with Crippen molar-refractivity contribution in [3.8, 4) is 0 Å². The highest BCUT2D eigenvalue weighted by atomic mass is 35.5. The van der Waals surface area contributed by atoms with Crippen molar-refractivity contribution >= 4 is 58.5 Å². The molecule has 1 unspecified atom stereocenters. The first kappa shape index (κ1) is 32.5. The molecule has 1 N–H and O–H groups in total. The van der Waals surface area contributed by atoms with E-state index in [1.807, 2.05) is 6.92 Å². The van der Waals surface area contributed by atoms with Gasteiger partial charge in [0.2, 0.25) is 0 Å². The number of hydrogen-bond donors (Lipinski definition) is 1. The van der Waals surface area contributed by atoms with Crippen LogP contribution in [0.4, 0.5) is 4.79 Å². The van der Waals surface area contributed by atoms with E-state index in [0.717, 1.165) is 5.56 Å². The normalized spacial score (nSPS) is 13.9. The maximum atomic E-state index is 14.1. The van der Waals surface area contributed by atoms with E-state index in [1.54, 1.807) is 63.2 Å². The molecule has 0 bridgehead atoms. The van der Waals surface area contributed by atoms with E-state index in [9.17, 15) is 13.2 Å². The van der Waals surface area contributed by atoms with Gasteiger partial charge in [-0.2, -0.15) is 0 Å². The number of carbonyl (C=O) groups excluding carboxylic acids is 1. The summed E-state index contributed by atoms with van der Waals surface area (Å²) >= 11 is 12.9. The maximum absolute atomic E-state index is 14.1. The monoisotopic (exact) mass is 626 g/mol. The van der Waals surface area contributed by atoms with Gasteiger partial charge in [-0.25, -0.2) is 17.2 Å². The van der Waals surface area contributed by atoms with Crippen LogP contribution in [0.3, 0.4) is 0 Å². The highest BCUT2D eigenvalue weighted by Gasteiger charge is 2.38. The molecule has 3 aromatic rings. The Labute approximate surface area is 249 Å². The molecule has 0 spiro atoms. The van der Waals surface area contributed by atoms with Crippen LogP contribution in [0.25, 0.3) is 10.9 Å². The lowest BCUT2D eigenvalue weighted by Gasteiger charge is -2.37. The minimum Gasteiger partial charge on any atom is -0.444 e. The summed E-state index contributed by atoms with van der Waals surface area (Å²) in [5, 5.41) is 3.84. The first-order chi connectivity index (χ1) is 18.2. The number of alkyl carbamates (subject to hydrolysis) is 1. The van der Waals surface area contributed by atoms with E-state index in [4.69, 9.17) is 32.4 Å². The Bertz CT molecular complexity index is 1490. The van der Waals surface area contributed by atoms with Gasteiger partial charge in [-0.3, -0.25) is 0 Å². The van der Waals surface area contributed by atoms with E-state index in [-0.39, 0.29) is 38.5 Å². The van der Waals surface area contributed by atoms with Gasteiger partial charge in [0.05, 0.1) is 33.1 Å². The van der Waals surface area contributed by atoms with Gasteiger partial charge in [0.15, 0.2) is 8.32 Å². The summed E-state index contributed by atoms with van der Waals surface area (Å²) in [7, 11) is -6.28. The van der Waals surface area contributed by atoms with Crippen molar-refractivity contribution in [2.24, 2.45) is 0 Å². The predicted molar refractivity (Wildman–Crippen MR) is 166 cm³/mol. The van der Waals surface area contributed by atoms with Gasteiger partial charge in [-0.15, -0.1) is 0 Å². The van der Waals surface area contributed by atoms with Crippen LogP contribution in [0.15, 0.2) is 47.4 Å². The third-order valence-electron chi connectivity index (χ3n) is 7.07. The van der Waals surface area contributed by atoms with Crippen LogP contribution in [-0.2, 0) is 25.6 Å². The van der Waals surface area contributed by atoms with E-state index in [2.05, 4.69) is 39.2 Å². The quantitative estimate of drug-likeness (QED) is 0.256. The van der Waals surface area contributed by atoms with E-state index in [1.165, 1.54) is 3.97 Å². The van der Waals surface area contributed by atoms with Crippen molar-refractivity contribution in [1.82, 2.24) is 9.29 Å². The second kappa shape index (κ2) is 11.7. The Morgan fingerprint density at radius 1 is 1.02 bits per heavy atom. The molecule has 0 saturated carbocycles. The molecular weight excluding hydrogens is 587 g/mol. The topological polar surface area (TPSA) is 86.6 Å². The molecule has 1 aromatic heterocycles. The lowest BCUT2D eigenvalue weighted by molar-refractivity contribution is 0.0485. The van der Waals surface area contributed by atoms with Gasteiger partial charge in [0.25, 0.3) is 10.0 Å². The second-order valence-electron chi connectivity index (χ2n) is 12.6. The van der Waals surface area contributed by atoms with Crippen LogP contribution >= 0.6 is 23.2 Å². The number of nitrogens with zero attached hydrogens (tertiary/aromatic N) is 1. The molecule has 0 saturated heterocycles. The molecule has 0 fully saturated rings. The van der Waals surface area contributed by atoms with E-state index < -0.39 is 36.1 Å². The van der Waals surface area contributed by atoms with Crippen molar-refractivity contribution < 1.29 is 22.4 Å². The predicted octanol–water partition coefficient (Wildman–Crippen LogP) is 7.95. The first-order valence-electron chi connectivity index (χ1n) is 13.2. The van der Waals surface area contributed by atoms with Crippen molar-refractivity contribution in [3.05, 3.63) is 63.8 Å². The third-order valence-corrected chi connectivity index (χ3v) is 14.1. The highest BCUT2D eigenvalue weighted by Crippen LogP contribution is 2.38. The minimum atomic E-state index is -4.08. The number of benzene rings is 2. The Morgan fingerprint density at radius 2 is 1.62 bits per heavy atom. The fourth-order valence-corrected chi connectivity index (χ4v) is 6.97. The highest BCUT2D eigenvalue weighted by molar-refractivity contribution is 7.90. The molecule has 0 aliphatic heterocycles. The molecule has 1 heterocycles.